The van der Waals surface area contributed by atoms with Crippen molar-refractivity contribution in [1.29, 1.82) is 0 Å². The lowest BCUT2D eigenvalue weighted by molar-refractivity contribution is 0.669. The second-order valence-electron chi connectivity index (χ2n) is 16.9. The number of para-hydroxylation sites is 6. The summed E-state index contributed by atoms with van der Waals surface area (Å²) >= 11 is 1.74. The second kappa shape index (κ2) is 14.5. The molecule has 4 nitrogen and oxygen atoms in total. The van der Waals surface area contributed by atoms with Crippen LogP contribution in [-0.4, -0.2) is 4.98 Å². The average molecular weight is 862 g/mol. The summed E-state index contributed by atoms with van der Waals surface area (Å²) in [7, 11) is 0. The molecular weight excluding hydrogens is 827 g/mol. The van der Waals surface area contributed by atoms with Crippen molar-refractivity contribution in [3.63, 3.8) is 0 Å². The summed E-state index contributed by atoms with van der Waals surface area (Å²) in [4.78, 5) is 5.47. The molecule has 4 heterocycles. The Morgan fingerprint density at radius 2 is 0.606 bits per heavy atom. The smallest absolute Gasteiger partial charge is 0.143 e. The minimum absolute atomic E-state index is 0.897. The van der Waals surface area contributed by atoms with E-state index in [0.29, 0.717) is 0 Å². The van der Waals surface area contributed by atoms with Gasteiger partial charge in [0.05, 0.1) is 10.2 Å². The maximum Gasteiger partial charge on any atom is 0.143 e. The van der Waals surface area contributed by atoms with Crippen molar-refractivity contribution < 1.29 is 13.3 Å². The van der Waals surface area contributed by atoms with E-state index in [4.69, 9.17) is 18.2 Å². The summed E-state index contributed by atoms with van der Waals surface area (Å²) in [5, 5.41) is 7.73. The van der Waals surface area contributed by atoms with E-state index in [2.05, 4.69) is 176 Å². The Kier molecular flexibility index (Phi) is 8.12. The lowest BCUT2D eigenvalue weighted by Gasteiger charge is -2.10. The molecular formula is C61H35NO3S. The molecule has 0 N–H and O–H groups in total. The molecule has 0 atom stereocenters. The predicted molar refractivity (Wildman–Crippen MR) is 274 cm³/mol. The molecule has 0 saturated heterocycles. The fourth-order valence-electron chi connectivity index (χ4n) is 9.96. The SMILES string of the molecule is c1ccc2c(c1)oc1c(-c3ccc(-c4nc5c(-c6ccc(-c7cccc8c7oc7ccccc78)cc6)ccc(-c6ccc(-c7cccc8c7oc7ccccc78)cc6)c5s4)cc3)cccc12. The molecule has 14 aromatic rings. The molecule has 0 amide bonds. The van der Waals surface area contributed by atoms with Gasteiger partial charge in [-0.25, -0.2) is 4.98 Å². The quantitative estimate of drug-likeness (QED) is 0.167. The number of fused-ring (bicyclic) bond motifs is 10. The number of benzene rings is 10. The molecule has 0 bridgehead atoms. The average Bonchev–Trinajstić information content (AvgIpc) is 4.18. The van der Waals surface area contributed by atoms with Gasteiger partial charge in [-0.05, 0) is 46.0 Å². The molecule has 66 heavy (non-hydrogen) atoms. The fourth-order valence-corrected chi connectivity index (χ4v) is 11.1. The Balaban J connectivity index is 0.873. The molecule has 0 radical (unpaired) electrons. The number of thiazole rings is 1. The first-order chi connectivity index (χ1) is 32.7. The van der Waals surface area contributed by atoms with Crippen molar-refractivity contribution in [3.05, 3.63) is 212 Å². The summed E-state index contributed by atoms with van der Waals surface area (Å²) in [5.74, 6) is 0. The molecule has 308 valence electrons. The van der Waals surface area contributed by atoms with Gasteiger partial charge < -0.3 is 13.3 Å². The summed E-state index contributed by atoms with van der Waals surface area (Å²) < 4.78 is 20.4. The number of nitrogens with zero attached hydrogens (tertiary/aromatic N) is 1. The first-order valence-corrected chi connectivity index (χ1v) is 23.0. The Hall–Kier alpha value is -8.51. The highest BCUT2D eigenvalue weighted by Gasteiger charge is 2.19. The van der Waals surface area contributed by atoms with Crippen molar-refractivity contribution >= 4 is 87.4 Å². The molecule has 0 fully saturated rings. The second-order valence-corrected chi connectivity index (χ2v) is 17.9. The van der Waals surface area contributed by atoms with Crippen LogP contribution in [0.5, 0.6) is 0 Å². The Morgan fingerprint density at radius 3 is 1.03 bits per heavy atom. The molecule has 10 aromatic carbocycles. The first-order valence-electron chi connectivity index (χ1n) is 22.2. The van der Waals surface area contributed by atoms with Gasteiger partial charge >= 0.3 is 0 Å². The van der Waals surface area contributed by atoms with Crippen molar-refractivity contribution in [3.8, 4) is 66.2 Å². The van der Waals surface area contributed by atoms with Gasteiger partial charge in [-0.1, -0.05) is 194 Å². The van der Waals surface area contributed by atoms with E-state index in [1.807, 2.05) is 36.4 Å². The fraction of sp³-hybridized carbons (Fsp3) is 0. The maximum absolute atomic E-state index is 6.42. The minimum Gasteiger partial charge on any atom is -0.455 e. The lowest BCUT2D eigenvalue weighted by Crippen LogP contribution is -1.86. The normalized spacial score (nSPS) is 11.9. The topological polar surface area (TPSA) is 52.3 Å². The van der Waals surface area contributed by atoms with Crippen LogP contribution >= 0.6 is 11.3 Å². The number of hydrogen-bond donors (Lipinski definition) is 0. The molecule has 14 rings (SSSR count). The van der Waals surface area contributed by atoms with Gasteiger partial charge in [0.1, 0.15) is 38.5 Å². The van der Waals surface area contributed by atoms with E-state index in [0.717, 1.165) is 142 Å². The van der Waals surface area contributed by atoms with Crippen LogP contribution in [0.25, 0.3) is 142 Å². The highest BCUT2D eigenvalue weighted by atomic mass is 32.1. The minimum atomic E-state index is 0.897. The molecule has 0 aliphatic rings. The number of aromatic nitrogens is 1. The number of hydrogen-bond acceptors (Lipinski definition) is 5. The van der Waals surface area contributed by atoms with E-state index in [-0.39, 0.29) is 0 Å². The van der Waals surface area contributed by atoms with Crippen molar-refractivity contribution in [2.45, 2.75) is 0 Å². The molecule has 4 aromatic heterocycles. The van der Waals surface area contributed by atoms with Crippen LogP contribution in [0.15, 0.2) is 226 Å². The van der Waals surface area contributed by atoms with Gasteiger partial charge in [-0.3, -0.25) is 0 Å². The highest BCUT2D eigenvalue weighted by molar-refractivity contribution is 7.22. The van der Waals surface area contributed by atoms with E-state index >= 15 is 0 Å². The first kappa shape index (κ1) is 36.9. The van der Waals surface area contributed by atoms with Crippen LogP contribution in [0.3, 0.4) is 0 Å². The maximum atomic E-state index is 6.42. The molecule has 0 aliphatic heterocycles. The van der Waals surface area contributed by atoms with Crippen LogP contribution in [0.4, 0.5) is 0 Å². The van der Waals surface area contributed by atoms with E-state index in [1.165, 1.54) is 0 Å². The summed E-state index contributed by atoms with van der Waals surface area (Å²) in [6.07, 6.45) is 0. The van der Waals surface area contributed by atoms with Crippen LogP contribution in [0.1, 0.15) is 0 Å². The molecule has 0 unspecified atom stereocenters. The monoisotopic (exact) mass is 861 g/mol. The van der Waals surface area contributed by atoms with Crippen LogP contribution in [0, 0.1) is 0 Å². The molecule has 5 heteroatoms. The van der Waals surface area contributed by atoms with Gasteiger partial charge in [0.2, 0.25) is 0 Å². The molecule has 0 spiro atoms. The third kappa shape index (κ3) is 5.74. The predicted octanol–water partition coefficient (Wildman–Crippen LogP) is 18.0. The third-order valence-corrected chi connectivity index (χ3v) is 14.4. The van der Waals surface area contributed by atoms with Crippen LogP contribution < -0.4 is 0 Å². The zero-order valence-corrected chi connectivity index (χ0v) is 36.1. The molecule has 0 saturated carbocycles. The van der Waals surface area contributed by atoms with E-state index < -0.39 is 0 Å². The van der Waals surface area contributed by atoms with Crippen molar-refractivity contribution in [2.75, 3.05) is 0 Å². The van der Waals surface area contributed by atoms with Gasteiger partial charge in [0.25, 0.3) is 0 Å². The highest BCUT2D eigenvalue weighted by Crippen LogP contribution is 2.45. The van der Waals surface area contributed by atoms with Crippen LogP contribution in [-0.2, 0) is 0 Å². The lowest BCUT2D eigenvalue weighted by atomic mass is 9.95. The van der Waals surface area contributed by atoms with Crippen molar-refractivity contribution in [2.24, 2.45) is 0 Å². The molecule has 0 aliphatic carbocycles. The summed E-state index contributed by atoms with van der Waals surface area (Å²) in [6, 6.07) is 74.9. The largest absolute Gasteiger partial charge is 0.455 e. The van der Waals surface area contributed by atoms with Gasteiger partial charge in [0.15, 0.2) is 0 Å². The summed E-state index contributed by atoms with van der Waals surface area (Å²) in [5.41, 5.74) is 18.5. The van der Waals surface area contributed by atoms with Crippen LogP contribution in [0.2, 0.25) is 0 Å². The van der Waals surface area contributed by atoms with Crippen molar-refractivity contribution in [1.82, 2.24) is 4.98 Å². The Bertz CT molecular complexity index is 4010. The summed E-state index contributed by atoms with van der Waals surface area (Å²) in [6.45, 7) is 0. The van der Waals surface area contributed by atoms with Gasteiger partial charge in [-0.15, -0.1) is 11.3 Å². The standard InChI is InChI=1S/C61H35NO3S/c1-4-19-53-47(10-1)50-16-7-13-43(57(50)63-53)37-24-22-36(23-25-37)42-34-35-46(40-28-26-38(27-29-40)44-14-8-17-51-48-11-2-5-20-54(48)64-58(44)51)60-56(42)62-61(66-60)41-32-30-39(31-33-41)45-15-9-18-52-49-12-3-6-21-55(49)65-59(45)52/h1-35H. The third-order valence-electron chi connectivity index (χ3n) is 13.2. The van der Waals surface area contributed by atoms with Gasteiger partial charge in [-0.2, -0.15) is 0 Å². The number of rotatable bonds is 6. The zero-order valence-electron chi connectivity index (χ0n) is 35.3. The Morgan fingerprint density at radius 1 is 0.273 bits per heavy atom. The van der Waals surface area contributed by atoms with Gasteiger partial charge in [0, 0.05) is 65.7 Å². The zero-order chi connectivity index (χ0) is 43.3. The Labute approximate surface area is 382 Å². The van der Waals surface area contributed by atoms with E-state index in [1.54, 1.807) is 11.3 Å². The number of furan rings is 3. The van der Waals surface area contributed by atoms with E-state index in [9.17, 15) is 0 Å².